The minimum atomic E-state index is -3.27. The number of halogens is 1. The van der Waals surface area contributed by atoms with Gasteiger partial charge in [0.15, 0.2) is 21.4 Å². The van der Waals surface area contributed by atoms with E-state index >= 15 is 0 Å². The third-order valence-corrected chi connectivity index (χ3v) is 7.66. The summed E-state index contributed by atoms with van der Waals surface area (Å²) in [6, 6.07) is 4.25. The van der Waals surface area contributed by atoms with Gasteiger partial charge in [0.1, 0.15) is 0 Å². The van der Waals surface area contributed by atoms with Crippen molar-refractivity contribution in [2.75, 3.05) is 5.75 Å². The highest BCUT2D eigenvalue weighted by Gasteiger charge is 2.47. The van der Waals surface area contributed by atoms with Gasteiger partial charge in [-0.25, -0.2) is 12.8 Å². The molecule has 8 heteroatoms. The molecule has 2 atom stereocenters. The monoisotopic (exact) mass is 408 g/mol. The van der Waals surface area contributed by atoms with Crippen molar-refractivity contribution in [3.05, 3.63) is 46.3 Å². The first-order chi connectivity index (χ1) is 13.2. The number of benzene rings is 1. The molecule has 3 rings (SSSR count). The van der Waals surface area contributed by atoms with Crippen LogP contribution in [-0.4, -0.2) is 42.8 Å². The number of phenolic OH excluding ortho intramolecular Hbond substituents is 1. The standard InChI is InChI=1S/C20H26BFO5S/c1-3-13(9-14-5-7-17(23)16(22)10-14)6-8-18-20-15(4-2)12-28(25,26)19(20)11-21(24)27-18/h5,7,9-10,18-19,23-24H,3-4,6,8,11-12H2,1-2H3/b13-9+/t18-,19+/m1/s1. The Hall–Kier alpha value is -1.64. The van der Waals surface area contributed by atoms with Gasteiger partial charge in [0.2, 0.25) is 0 Å². The van der Waals surface area contributed by atoms with E-state index in [1.165, 1.54) is 12.1 Å². The summed E-state index contributed by atoms with van der Waals surface area (Å²) in [5.74, 6) is -0.994. The maximum atomic E-state index is 13.6. The lowest BCUT2D eigenvalue weighted by Crippen LogP contribution is -2.41. The van der Waals surface area contributed by atoms with Crippen LogP contribution in [0.15, 0.2) is 34.9 Å². The van der Waals surface area contributed by atoms with Gasteiger partial charge in [-0.3, -0.25) is 0 Å². The lowest BCUT2D eigenvalue weighted by atomic mass is 9.74. The Morgan fingerprint density at radius 2 is 2.14 bits per heavy atom. The van der Waals surface area contributed by atoms with E-state index in [0.717, 1.165) is 23.1 Å². The van der Waals surface area contributed by atoms with Gasteiger partial charge in [0.25, 0.3) is 0 Å². The summed E-state index contributed by atoms with van der Waals surface area (Å²) < 4.78 is 44.2. The van der Waals surface area contributed by atoms with Crippen LogP contribution in [-0.2, 0) is 14.5 Å². The average molecular weight is 408 g/mol. The maximum Gasteiger partial charge on any atom is 0.456 e. The van der Waals surface area contributed by atoms with Crippen molar-refractivity contribution in [2.24, 2.45) is 0 Å². The molecule has 2 aliphatic heterocycles. The number of fused-ring (bicyclic) bond motifs is 1. The number of sulfone groups is 1. The van der Waals surface area contributed by atoms with Crippen LogP contribution in [0.5, 0.6) is 5.75 Å². The summed E-state index contributed by atoms with van der Waals surface area (Å²) >= 11 is 0. The fourth-order valence-electron chi connectivity index (χ4n) is 4.10. The van der Waals surface area contributed by atoms with Crippen molar-refractivity contribution in [1.29, 1.82) is 0 Å². The first-order valence-electron chi connectivity index (χ1n) is 9.70. The molecule has 0 bridgehead atoms. The first kappa shape index (κ1) is 21.1. The van der Waals surface area contributed by atoms with Gasteiger partial charge >= 0.3 is 7.12 Å². The molecule has 0 radical (unpaired) electrons. The van der Waals surface area contributed by atoms with Crippen molar-refractivity contribution in [2.45, 2.75) is 57.2 Å². The molecule has 0 saturated carbocycles. The molecule has 1 saturated heterocycles. The SMILES string of the molecule is CCC1=C2[C@@H](CC/C(=C/c3ccc(O)c(F)c3)CC)OB(O)C[C@@H]2S(=O)(=O)C1. The van der Waals surface area contributed by atoms with Gasteiger partial charge in [-0.2, -0.15) is 0 Å². The molecule has 0 aliphatic carbocycles. The van der Waals surface area contributed by atoms with Gasteiger partial charge in [-0.1, -0.05) is 37.1 Å². The van der Waals surface area contributed by atoms with Crippen molar-refractivity contribution in [3.8, 4) is 5.75 Å². The molecule has 0 unspecified atom stereocenters. The Labute approximate surface area is 166 Å². The van der Waals surface area contributed by atoms with Crippen molar-refractivity contribution in [1.82, 2.24) is 0 Å². The van der Waals surface area contributed by atoms with E-state index in [1.54, 1.807) is 6.07 Å². The largest absolute Gasteiger partial charge is 0.505 e. The van der Waals surface area contributed by atoms with Crippen LogP contribution >= 0.6 is 0 Å². The van der Waals surface area contributed by atoms with Gasteiger partial charge in [-0.15, -0.1) is 0 Å². The third-order valence-electron chi connectivity index (χ3n) is 5.60. The molecule has 0 amide bonds. The minimum absolute atomic E-state index is 0.0549. The molecule has 2 N–H and O–H groups in total. The number of aromatic hydroxyl groups is 1. The highest BCUT2D eigenvalue weighted by molar-refractivity contribution is 7.92. The Morgan fingerprint density at radius 3 is 2.79 bits per heavy atom. The Kier molecular flexibility index (Phi) is 6.32. The van der Waals surface area contributed by atoms with E-state index < -0.39 is 34.1 Å². The molecule has 2 heterocycles. The Bertz CT molecular complexity index is 909. The van der Waals surface area contributed by atoms with Gasteiger partial charge in [-0.05, 0) is 49.0 Å². The van der Waals surface area contributed by atoms with Crippen LogP contribution in [0, 0.1) is 5.82 Å². The fraction of sp³-hybridized carbons (Fsp3) is 0.500. The van der Waals surface area contributed by atoms with E-state index in [2.05, 4.69) is 0 Å². The quantitative estimate of drug-likeness (QED) is 0.556. The number of allylic oxidation sites excluding steroid dienone is 1. The second-order valence-electron chi connectivity index (χ2n) is 7.43. The maximum absolute atomic E-state index is 13.6. The van der Waals surface area contributed by atoms with Crippen molar-refractivity contribution >= 4 is 23.0 Å². The molecule has 1 aromatic rings. The lowest BCUT2D eigenvalue weighted by molar-refractivity contribution is 0.169. The normalized spacial score (nSPS) is 24.6. The predicted octanol–water partition coefficient (Wildman–Crippen LogP) is 3.49. The summed E-state index contributed by atoms with van der Waals surface area (Å²) in [6.45, 7) is 3.94. The van der Waals surface area contributed by atoms with Crippen LogP contribution < -0.4 is 0 Å². The van der Waals surface area contributed by atoms with Crippen molar-refractivity contribution in [3.63, 3.8) is 0 Å². The van der Waals surface area contributed by atoms with Crippen LogP contribution in [0.4, 0.5) is 4.39 Å². The zero-order chi connectivity index (χ0) is 20.5. The number of hydrogen-bond acceptors (Lipinski definition) is 5. The molecule has 0 spiro atoms. The second-order valence-corrected chi connectivity index (χ2v) is 9.61. The highest BCUT2D eigenvalue weighted by Crippen LogP contribution is 2.40. The zero-order valence-corrected chi connectivity index (χ0v) is 17.0. The number of hydrogen-bond donors (Lipinski definition) is 2. The van der Waals surface area contributed by atoms with E-state index in [1.807, 2.05) is 19.9 Å². The van der Waals surface area contributed by atoms with Crippen LogP contribution in [0.1, 0.15) is 45.1 Å². The van der Waals surface area contributed by atoms with Crippen LogP contribution in [0.25, 0.3) is 6.08 Å². The fourth-order valence-corrected chi connectivity index (χ4v) is 6.32. The highest BCUT2D eigenvalue weighted by atomic mass is 32.2. The predicted molar refractivity (Wildman–Crippen MR) is 108 cm³/mol. The minimum Gasteiger partial charge on any atom is -0.505 e. The van der Waals surface area contributed by atoms with Gasteiger partial charge in [0, 0.05) is 6.32 Å². The summed E-state index contributed by atoms with van der Waals surface area (Å²) in [5.41, 5.74) is 3.46. The Morgan fingerprint density at radius 1 is 1.39 bits per heavy atom. The lowest BCUT2D eigenvalue weighted by Gasteiger charge is -2.32. The van der Waals surface area contributed by atoms with Crippen LogP contribution in [0.2, 0.25) is 6.32 Å². The van der Waals surface area contributed by atoms with Gasteiger partial charge < -0.3 is 14.8 Å². The molecule has 2 aliphatic rings. The number of phenols is 1. The topological polar surface area (TPSA) is 83.8 Å². The van der Waals surface area contributed by atoms with Crippen molar-refractivity contribution < 1.29 is 27.6 Å². The van der Waals surface area contributed by atoms with Gasteiger partial charge in [0.05, 0.1) is 17.1 Å². The second kappa shape index (κ2) is 8.39. The molecule has 0 aromatic heterocycles. The molecular formula is C20H26BFO5S. The van der Waals surface area contributed by atoms with Crippen LogP contribution in [0.3, 0.4) is 0 Å². The number of rotatable bonds is 6. The smallest absolute Gasteiger partial charge is 0.456 e. The molecule has 152 valence electrons. The molecular weight excluding hydrogens is 382 g/mol. The zero-order valence-electron chi connectivity index (χ0n) is 16.2. The van der Waals surface area contributed by atoms with E-state index in [-0.39, 0.29) is 17.8 Å². The average Bonchev–Trinajstić information content (AvgIpc) is 2.91. The summed E-state index contributed by atoms with van der Waals surface area (Å²) in [6.07, 6.45) is 4.16. The first-order valence-corrected chi connectivity index (χ1v) is 11.4. The summed E-state index contributed by atoms with van der Waals surface area (Å²) in [4.78, 5) is 0. The molecule has 28 heavy (non-hydrogen) atoms. The van der Waals surface area contributed by atoms with E-state index in [0.29, 0.717) is 24.8 Å². The summed E-state index contributed by atoms with van der Waals surface area (Å²) in [7, 11) is -4.35. The Balaban J connectivity index is 1.79. The van der Waals surface area contributed by atoms with E-state index in [4.69, 9.17) is 4.65 Å². The molecule has 1 fully saturated rings. The summed E-state index contributed by atoms with van der Waals surface area (Å²) in [5, 5.41) is 18.7. The molecule has 5 nitrogen and oxygen atoms in total. The third kappa shape index (κ3) is 4.34. The van der Waals surface area contributed by atoms with E-state index in [9.17, 15) is 22.9 Å². The molecule has 1 aromatic carbocycles.